The Morgan fingerprint density at radius 2 is 2.27 bits per heavy atom. The maximum absolute atomic E-state index is 13.1. The molecule has 0 spiro atoms. The van der Waals surface area contributed by atoms with Crippen molar-refractivity contribution in [2.75, 3.05) is 19.6 Å². The van der Waals surface area contributed by atoms with Crippen molar-refractivity contribution in [2.45, 2.75) is 31.8 Å². The van der Waals surface area contributed by atoms with Gasteiger partial charge in [-0.25, -0.2) is 0 Å². The van der Waals surface area contributed by atoms with Crippen LogP contribution < -0.4 is 0 Å². The first-order valence-electron chi connectivity index (χ1n) is 8.20. The van der Waals surface area contributed by atoms with Gasteiger partial charge in [0.15, 0.2) is 5.69 Å². The highest BCUT2D eigenvalue weighted by molar-refractivity contribution is 6.05. The maximum Gasteiger partial charge on any atom is 0.275 e. The van der Waals surface area contributed by atoms with E-state index in [0.29, 0.717) is 23.7 Å². The van der Waals surface area contributed by atoms with Gasteiger partial charge in [0.25, 0.3) is 5.91 Å². The average Bonchev–Trinajstić information content (AvgIpc) is 2.95. The number of nitrogens with one attached hydrogen (secondary N) is 1. The summed E-state index contributed by atoms with van der Waals surface area (Å²) in [5.41, 5.74) is 2.73. The Hall–Kier alpha value is -1.88. The molecule has 3 fully saturated rings. The molecule has 1 aromatic carbocycles. The van der Waals surface area contributed by atoms with Crippen molar-refractivity contribution in [2.24, 2.45) is 5.92 Å². The highest BCUT2D eigenvalue weighted by Gasteiger charge is 2.51. The molecule has 22 heavy (non-hydrogen) atoms. The summed E-state index contributed by atoms with van der Waals surface area (Å²) in [6, 6.07) is 6.90. The van der Waals surface area contributed by atoms with Crippen molar-refractivity contribution in [3.05, 3.63) is 29.5 Å². The first-order chi connectivity index (χ1) is 10.7. The molecule has 3 aliphatic heterocycles. The molecule has 1 N–H and O–H groups in total. The van der Waals surface area contributed by atoms with Gasteiger partial charge in [0.05, 0.1) is 5.52 Å². The van der Waals surface area contributed by atoms with E-state index in [2.05, 4.69) is 33.0 Å². The zero-order chi connectivity index (χ0) is 14.8. The van der Waals surface area contributed by atoms with Crippen molar-refractivity contribution in [1.82, 2.24) is 20.0 Å². The third-order valence-corrected chi connectivity index (χ3v) is 5.76. The molecule has 3 unspecified atom stereocenters. The van der Waals surface area contributed by atoms with Crippen LogP contribution in [0.15, 0.2) is 18.2 Å². The molecular weight excluding hydrogens is 276 g/mol. The molecule has 5 heteroatoms. The SMILES string of the molecule is Cc1ccc2c(C(=O)N3C4CN5CCC4C[C@H]3C5)n[nH]c2c1. The van der Waals surface area contributed by atoms with E-state index in [4.69, 9.17) is 0 Å². The van der Waals surface area contributed by atoms with Crippen molar-refractivity contribution in [1.29, 1.82) is 0 Å². The predicted octanol–water partition coefficient (Wildman–Crippen LogP) is 1.79. The number of carbonyl (C=O) groups excluding carboxylic acids is 1. The number of amides is 1. The van der Waals surface area contributed by atoms with Crippen molar-refractivity contribution in [3.63, 3.8) is 0 Å². The molecule has 1 aromatic heterocycles. The van der Waals surface area contributed by atoms with Gasteiger partial charge in [-0.3, -0.25) is 14.8 Å². The minimum Gasteiger partial charge on any atom is -0.328 e. The third kappa shape index (κ3) is 1.63. The van der Waals surface area contributed by atoms with Gasteiger partial charge >= 0.3 is 0 Å². The number of hydrogen-bond acceptors (Lipinski definition) is 3. The van der Waals surface area contributed by atoms with Crippen LogP contribution in [0, 0.1) is 12.8 Å². The van der Waals surface area contributed by atoms with Crippen LogP contribution in [-0.2, 0) is 0 Å². The Balaban J connectivity index is 1.54. The van der Waals surface area contributed by atoms with Crippen LogP contribution in [0.5, 0.6) is 0 Å². The largest absolute Gasteiger partial charge is 0.328 e. The lowest BCUT2D eigenvalue weighted by molar-refractivity contribution is 0.0258. The number of benzene rings is 1. The second kappa shape index (κ2) is 4.32. The molecule has 5 rings (SSSR count). The van der Waals surface area contributed by atoms with E-state index in [0.717, 1.165) is 24.0 Å². The Morgan fingerprint density at radius 1 is 1.36 bits per heavy atom. The minimum absolute atomic E-state index is 0.120. The number of carbonyl (C=O) groups is 1. The molecule has 2 aromatic rings. The summed E-state index contributed by atoms with van der Waals surface area (Å²) in [4.78, 5) is 17.8. The van der Waals surface area contributed by atoms with Crippen molar-refractivity contribution in [3.8, 4) is 0 Å². The number of aromatic nitrogens is 2. The number of aromatic amines is 1. The van der Waals surface area contributed by atoms with E-state index in [-0.39, 0.29) is 5.91 Å². The van der Waals surface area contributed by atoms with Gasteiger partial charge in [-0.2, -0.15) is 5.10 Å². The van der Waals surface area contributed by atoms with Crippen molar-refractivity contribution < 1.29 is 4.79 Å². The van der Waals surface area contributed by atoms with E-state index in [1.807, 2.05) is 12.1 Å². The number of rotatable bonds is 1. The Bertz CT molecular complexity index is 763. The molecule has 4 atom stereocenters. The van der Waals surface area contributed by atoms with Crippen LogP contribution in [-0.4, -0.2) is 57.6 Å². The van der Waals surface area contributed by atoms with Gasteiger partial charge in [0.2, 0.25) is 0 Å². The molecule has 4 heterocycles. The number of H-pyrrole nitrogens is 1. The summed E-state index contributed by atoms with van der Waals surface area (Å²) in [7, 11) is 0. The highest BCUT2D eigenvalue weighted by atomic mass is 16.2. The second-order valence-electron chi connectivity index (χ2n) is 7.10. The van der Waals surface area contributed by atoms with E-state index in [9.17, 15) is 4.79 Å². The first kappa shape index (κ1) is 12.6. The standard InChI is InChI=1S/C17H20N4O/c1-10-2-3-13-14(6-10)18-19-16(13)17(22)21-12-7-11-4-5-20(8-12)9-15(11)21/h2-3,6,11-12,15H,4-5,7-9H2,1H3,(H,18,19)/t11?,12-,15?/m0/s1. The molecular formula is C17H20N4O. The number of aryl methyl sites for hydroxylation is 1. The Morgan fingerprint density at radius 3 is 3.18 bits per heavy atom. The highest BCUT2D eigenvalue weighted by Crippen LogP contribution is 2.41. The summed E-state index contributed by atoms with van der Waals surface area (Å²) in [5.74, 6) is 0.814. The van der Waals surface area contributed by atoms with Gasteiger partial charge in [-0.05, 0) is 43.9 Å². The predicted molar refractivity (Wildman–Crippen MR) is 83.7 cm³/mol. The molecule has 0 radical (unpaired) electrons. The lowest BCUT2D eigenvalue weighted by Gasteiger charge is -2.44. The quantitative estimate of drug-likeness (QED) is 0.873. The van der Waals surface area contributed by atoms with E-state index in [1.165, 1.54) is 24.9 Å². The fourth-order valence-corrected chi connectivity index (χ4v) is 4.73. The lowest BCUT2D eigenvalue weighted by atomic mass is 9.93. The van der Waals surface area contributed by atoms with Crippen LogP contribution in [0.25, 0.3) is 10.9 Å². The number of piperazine rings is 1. The summed E-state index contributed by atoms with van der Waals surface area (Å²) in [5, 5.41) is 8.32. The number of piperidine rings is 1. The summed E-state index contributed by atoms with van der Waals surface area (Å²) >= 11 is 0. The van der Waals surface area contributed by atoms with Crippen LogP contribution in [0.2, 0.25) is 0 Å². The fourth-order valence-electron chi connectivity index (χ4n) is 4.73. The van der Waals surface area contributed by atoms with Gasteiger partial charge in [0.1, 0.15) is 0 Å². The number of fused-ring (bicyclic) bond motifs is 3. The smallest absolute Gasteiger partial charge is 0.275 e. The van der Waals surface area contributed by atoms with Gasteiger partial charge < -0.3 is 4.90 Å². The summed E-state index contributed by atoms with van der Waals surface area (Å²) < 4.78 is 0. The molecule has 114 valence electrons. The fraction of sp³-hybridized carbons (Fsp3) is 0.529. The van der Waals surface area contributed by atoms with E-state index < -0.39 is 0 Å². The summed E-state index contributed by atoms with van der Waals surface area (Å²) in [6.45, 7) is 5.36. The second-order valence-corrected chi connectivity index (χ2v) is 7.10. The molecule has 3 saturated heterocycles. The number of nitrogens with zero attached hydrogens (tertiary/aromatic N) is 3. The zero-order valence-corrected chi connectivity index (χ0v) is 12.7. The average molecular weight is 296 g/mol. The first-order valence-corrected chi connectivity index (χ1v) is 8.20. The Kier molecular flexibility index (Phi) is 2.48. The molecule has 0 saturated carbocycles. The zero-order valence-electron chi connectivity index (χ0n) is 12.7. The maximum atomic E-state index is 13.1. The van der Waals surface area contributed by atoms with Crippen LogP contribution in [0.4, 0.5) is 0 Å². The Labute approximate surface area is 129 Å². The van der Waals surface area contributed by atoms with Crippen LogP contribution in [0.3, 0.4) is 0 Å². The van der Waals surface area contributed by atoms with E-state index >= 15 is 0 Å². The van der Waals surface area contributed by atoms with Crippen LogP contribution in [0.1, 0.15) is 28.9 Å². The lowest BCUT2D eigenvalue weighted by Crippen LogP contribution is -2.58. The molecule has 1 amide bonds. The van der Waals surface area contributed by atoms with E-state index in [1.54, 1.807) is 0 Å². The molecule has 0 aliphatic carbocycles. The van der Waals surface area contributed by atoms with Gasteiger partial charge in [-0.15, -0.1) is 0 Å². The van der Waals surface area contributed by atoms with Gasteiger partial charge in [0, 0.05) is 30.6 Å². The molecule has 3 bridgehead atoms. The van der Waals surface area contributed by atoms with Crippen LogP contribution >= 0.6 is 0 Å². The molecule has 3 aliphatic rings. The van der Waals surface area contributed by atoms with Crippen molar-refractivity contribution >= 4 is 16.8 Å². The third-order valence-electron chi connectivity index (χ3n) is 5.76. The minimum atomic E-state index is 0.120. The number of hydrogen-bond donors (Lipinski definition) is 1. The van der Waals surface area contributed by atoms with Gasteiger partial charge in [-0.1, -0.05) is 12.1 Å². The topological polar surface area (TPSA) is 52.2 Å². The normalized spacial score (nSPS) is 32.9. The molecule has 5 nitrogen and oxygen atoms in total. The monoisotopic (exact) mass is 296 g/mol. The summed E-state index contributed by atoms with van der Waals surface area (Å²) in [6.07, 6.45) is 2.42.